The first-order valence-corrected chi connectivity index (χ1v) is 8.58. The van der Waals surface area contributed by atoms with Crippen molar-refractivity contribution in [2.75, 3.05) is 0 Å². The van der Waals surface area contributed by atoms with E-state index >= 15 is 0 Å². The van der Waals surface area contributed by atoms with Gasteiger partial charge in [0.1, 0.15) is 24.8 Å². The van der Waals surface area contributed by atoms with Crippen molar-refractivity contribution in [2.45, 2.75) is 52.2 Å². The molecule has 0 amide bonds. The molecule has 0 saturated heterocycles. The quantitative estimate of drug-likeness (QED) is 0.710. The first-order valence-electron chi connectivity index (χ1n) is 8.58. The monoisotopic (exact) mass is 363 g/mol. The summed E-state index contributed by atoms with van der Waals surface area (Å²) in [6, 6.07) is 15.8. The van der Waals surface area contributed by atoms with Gasteiger partial charge in [0.05, 0.1) is 42.1 Å². The third-order valence-corrected chi connectivity index (χ3v) is 4.01. The Bertz CT molecular complexity index is 886. The van der Waals surface area contributed by atoms with Crippen LogP contribution in [0.3, 0.4) is 0 Å². The van der Waals surface area contributed by atoms with E-state index in [1.165, 1.54) is 0 Å². The van der Waals surface area contributed by atoms with Crippen molar-refractivity contribution in [3.63, 3.8) is 0 Å². The molecule has 0 aliphatic carbocycles. The second-order valence-electron chi connectivity index (χ2n) is 6.06. The SMILES string of the molecule is CC(C#N)OCc1nc(-c2ccccc2)n(COC(C)C#N)c1C(C)C#N. The third kappa shape index (κ3) is 4.92. The average Bonchev–Trinajstić information content (AvgIpc) is 3.08. The molecule has 2 rings (SSSR count). The maximum atomic E-state index is 9.49. The number of ether oxygens (including phenoxy) is 2. The molecule has 0 aliphatic heterocycles. The maximum absolute atomic E-state index is 9.49. The summed E-state index contributed by atoms with van der Waals surface area (Å²) in [7, 11) is 0. The van der Waals surface area contributed by atoms with Crippen LogP contribution in [0.25, 0.3) is 11.4 Å². The van der Waals surface area contributed by atoms with E-state index in [-0.39, 0.29) is 13.3 Å². The molecule has 0 N–H and O–H groups in total. The van der Waals surface area contributed by atoms with Crippen molar-refractivity contribution < 1.29 is 9.47 Å². The molecule has 1 heterocycles. The van der Waals surface area contributed by atoms with Crippen LogP contribution in [-0.4, -0.2) is 21.8 Å². The van der Waals surface area contributed by atoms with E-state index < -0.39 is 18.1 Å². The smallest absolute Gasteiger partial charge is 0.143 e. The van der Waals surface area contributed by atoms with E-state index in [1.807, 2.05) is 42.5 Å². The minimum Gasteiger partial charge on any atom is -0.357 e. The zero-order chi connectivity index (χ0) is 19.8. The summed E-state index contributed by atoms with van der Waals surface area (Å²) in [6.45, 7) is 5.27. The molecule has 1 aromatic heterocycles. The van der Waals surface area contributed by atoms with Gasteiger partial charge in [-0.3, -0.25) is 0 Å². The van der Waals surface area contributed by atoms with Crippen LogP contribution in [-0.2, 0) is 22.8 Å². The normalized spacial score (nSPS) is 13.8. The molecule has 3 unspecified atom stereocenters. The van der Waals surface area contributed by atoms with Crippen molar-refractivity contribution in [3.05, 3.63) is 41.7 Å². The van der Waals surface area contributed by atoms with Gasteiger partial charge in [0.15, 0.2) is 0 Å². The van der Waals surface area contributed by atoms with Crippen LogP contribution < -0.4 is 0 Å². The Morgan fingerprint density at radius 3 is 2.19 bits per heavy atom. The Morgan fingerprint density at radius 2 is 1.59 bits per heavy atom. The molecule has 0 radical (unpaired) electrons. The largest absolute Gasteiger partial charge is 0.357 e. The van der Waals surface area contributed by atoms with Gasteiger partial charge in [0.25, 0.3) is 0 Å². The molecule has 138 valence electrons. The number of benzene rings is 1. The number of rotatable bonds is 8. The minimum atomic E-state index is -0.598. The van der Waals surface area contributed by atoms with Crippen molar-refractivity contribution >= 4 is 0 Å². The fourth-order valence-corrected chi connectivity index (χ4v) is 2.57. The molecular formula is C20H21N5O2. The molecule has 7 heteroatoms. The van der Waals surface area contributed by atoms with E-state index in [1.54, 1.807) is 25.3 Å². The first-order chi connectivity index (χ1) is 13.0. The van der Waals surface area contributed by atoms with Crippen LogP contribution >= 0.6 is 0 Å². The summed E-state index contributed by atoms with van der Waals surface area (Å²) in [4.78, 5) is 4.67. The lowest BCUT2D eigenvalue weighted by Crippen LogP contribution is -2.15. The summed E-state index contributed by atoms with van der Waals surface area (Å²) in [5, 5.41) is 27.4. The standard InChI is InChI=1S/C20H21N5O2/c1-14(9-21)19-18(12-26-15(2)10-22)24-20(17-7-5-4-6-8-17)25(19)13-27-16(3)11-23/h4-8,14-16H,12-13H2,1-3H3. The minimum absolute atomic E-state index is 0.0844. The van der Waals surface area contributed by atoms with Gasteiger partial charge in [-0.15, -0.1) is 0 Å². The van der Waals surface area contributed by atoms with E-state index in [4.69, 9.17) is 20.0 Å². The summed E-state index contributed by atoms with van der Waals surface area (Å²) >= 11 is 0. The summed E-state index contributed by atoms with van der Waals surface area (Å²) < 4.78 is 12.9. The lowest BCUT2D eigenvalue weighted by atomic mass is 10.1. The van der Waals surface area contributed by atoms with E-state index in [0.29, 0.717) is 17.2 Å². The van der Waals surface area contributed by atoms with Gasteiger partial charge in [0, 0.05) is 5.56 Å². The Balaban J connectivity index is 2.53. The summed E-state index contributed by atoms with van der Waals surface area (Å²) in [5.41, 5.74) is 2.10. The molecule has 3 atom stereocenters. The maximum Gasteiger partial charge on any atom is 0.143 e. The van der Waals surface area contributed by atoms with Gasteiger partial charge < -0.3 is 14.0 Å². The number of nitriles is 3. The topological polar surface area (TPSA) is 108 Å². The fourth-order valence-electron chi connectivity index (χ4n) is 2.57. The van der Waals surface area contributed by atoms with Crippen LogP contribution in [0.1, 0.15) is 38.1 Å². The Morgan fingerprint density at radius 1 is 0.963 bits per heavy atom. The molecule has 0 saturated carbocycles. The Kier molecular flexibility index (Phi) is 7.08. The van der Waals surface area contributed by atoms with Gasteiger partial charge in [-0.2, -0.15) is 15.8 Å². The number of hydrogen-bond acceptors (Lipinski definition) is 6. The molecule has 27 heavy (non-hydrogen) atoms. The van der Waals surface area contributed by atoms with Gasteiger partial charge >= 0.3 is 0 Å². The van der Waals surface area contributed by atoms with Crippen molar-refractivity contribution in [2.24, 2.45) is 0 Å². The van der Waals surface area contributed by atoms with E-state index in [0.717, 1.165) is 5.56 Å². The number of imidazole rings is 1. The van der Waals surface area contributed by atoms with Crippen molar-refractivity contribution in [1.82, 2.24) is 9.55 Å². The van der Waals surface area contributed by atoms with Gasteiger partial charge in [0.2, 0.25) is 0 Å². The second kappa shape index (κ2) is 9.50. The molecular weight excluding hydrogens is 342 g/mol. The number of hydrogen-bond donors (Lipinski definition) is 0. The molecule has 2 aromatic rings. The zero-order valence-corrected chi connectivity index (χ0v) is 15.6. The van der Waals surface area contributed by atoms with E-state index in [2.05, 4.69) is 11.1 Å². The molecule has 0 aliphatic rings. The van der Waals surface area contributed by atoms with Crippen LogP contribution in [0.5, 0.6) is 0 Å². The number of aromatic nitrogens is 2. The van der Waals surface area contributed by atoms with Gasteiger partial charge in [-0.25, -0.2) is 4.98 Å². The lowest BCUT2D eigenvalue weighted by molar-refractivity contribution is 0.0473. The highest BCUT2D eigenvalue weighted by molar-refractivity contribution is 5.57. The van der Waals surface area contributed by atoms with Crippen LogP contribution in [0.2, 0.25) is 0 Å². The average molecular weight is 363 g/mol. The summed E-state index contributed by atoms with van der Waals surface area (Å²) in [5.74, 6) is 0.160. The molecule has 0 fully saturated rings. The van der Waals surface area contributed by atoms with Crippen molar-refractivity contribution in [1.29, 1.82) is 15.8 Å². The Labute approximate surface area is 159 Å². The van der Waals surface area contributed by atoms with E-state index in [9.17, 15) is 5.26 Å². The van der Waals surface area contributed by atoms with Crippen molar-refractivity contribution in [3.8, 4) is 29.6 Å². The Hall–Kier alpha value is -3.18. The highest BCUT2D eigenvalue weighted by Crippen LogP contribution is 2.28. The third-order valence-electron chi connectivity index (χ3n) is 4.01. The van der Waals surface area contributed by atoms with Gasteiger partial charge in [-0.1, -0.05) is 30.3 Å². The summed E-state index contributed by atoms with van der Waals surface area (Å²) in [6.07, 6.45) is -1.19. The van der Waals surface area contributed by atoms with Gasteiger partial charge in [-0.05, 0) is 20.8 Å². The first kappa shape index (κ1) is 20.1. The zero-order valence-electron chi connectivity index (χ0n) is 15.6. The van der Waals surface area contributed by atoms with Crippen LogP contribution in [0.4, 0.5) is 0 Å². The highest BCUT2D eigenvalue weighted by Gasteiger charge is 2.23. The molecule has 1 aromatic carbocycles. The predicted molar refractivity (Wildman–Crippen MR) is 97.7 cm³/mol. The van der Waals surface area contributed by atoms with Crippen LogP contribution in [0, 0.1) is 34.0 Å². The van der Waals surface area contributed by atoms with Crippen LogP contribution in [0.15, 0.2) is 30.3 Å². The lowest BCUT2D eigenvalue weighted by Gasteiger charge is -2.15. The molecule has 0 bridgehead atoms. The molecule has 7 nitrogen and oxygen atoms in total. The fraction of sp³-hybridized carbons (Fsp3) is 0.400. The second-order valence-corrected chi connectivity index (χ2v) is 6.06. The number of nitrogens with zero attached hydrogens (tertiary/aromatic N) is 5. The molecule has 0 spiro atoms. The highest BCUT2D eigenvalue weighted by atomic mass is 16.5. The predicted octanol–water partition coefficient (Wildman–Crippen LogP) is 3.49.